The molecule has 1 heterocycles. The van der Waals surface area contributed by atoms with E-state index in [9.17, 15) is 60.0 Å². The predicted octanol–water partition coefficient (Wildman–Crippen LogP) is 1.82. The molecule has 0 spiro atoms. The van der Waals surface area contributed by atoms with E-state index in [-0.39, 0.29) is 56.7 Å². The highest BCUT2D eigenvalue weighted by Crippen LogP contribution is 2.45. The van der Waals surface area contributed by atoms with Crippen molar-refractivity contribution in [1.29, 1.82) is 0 Å². The Morgan fingerprint density at radius 1 is 0.902 bits per heavy atom. The van der Waals surface area contributed by atoms with Gasteiger partial charge in [-0.05, 0) is 78.8 Å². The van der Waals surface area contributed by atoms with E-state index in [0.717, 1.165) is 18.6 Å². The smallest absolute Gasteiger partial charge is 0.308 e. The van der Waals surface area contributed by atoms with Crippen LogP contribution < -0.4 is 15.2 Å². The number of esters is 1. The maximum Gasteiger partial charge on any atom is 0.308 e. The number of aliphatic hydroxyl groups is 7. The lowest BCUT2D eigenvalue weighted by Crippen LogP contribution is -2.67. The average molecular weight is 842 g/mol. The molecule has 0 unspecified atom stereocenters. The Labute approximate surface area is 349 Å². The van der Waals surface area contributed by atoms with Crippen molar-refractivity contribution in [3.05, 3.63) is 121 Å². The van der Waals surface area contributed by atoms with Gasteiger partial charge in [0.25, 0.3) is 0 Å². The molecule has 16 nitrogen and oxygen atoms in total. The van der Waals surface area contributed by atoms with Crippen LogP contribution in [0.1, 0.15) is 108 Å². The number of hydrogen-bond acceptors (Lipinski definition) is 16. The largest absolute Gasteiger partial charge is 0.507 e. The number of aromatic hydroxyl groups is 1. The van der Waals surface area contributed by atoms with Crippen LogP contribution in [0, 0.1) is 0 Å². The molecule has 1 aliphatic carbocycles. The molecule has 0 amide bonds. The van der Waals surface area contributed by atoms with Gasteiger partial charge in [-0.25, -0.2) is 0 Å². The molecule has 61 heavy (non-hydrogen) atoms. The van der Waals surface area contributed by atoms with Crippen LogP contribution in [0.4, 0.5) is 0 Å². The first-order chi connectivity index (χ1) is 29.0. The molecule has 0 radical (unpaired) electrons. The second-order valence-electron chi connectivity index (χ2n) is 15.0. The lowest BCUT2D eigenvalue weighted by atomic mass is 9.77. The second-order valence-corrected chi connectivity index (χ2v) is 15.0. The van der Waals surface area contributed by atoms with Gasteiger partial charge in [0.05, 0.1) is 31.0 Å². The highest BCUT2D eigenvalue weighted by molar-refractivity contribution is 6.31. The van der Waals surface area contributed by atoms with E-state index >= 15 is 0 Å². The molecule has 322 valence electrons. The van der Waals surface area contributed by atoms with Crippen molar-refractivity contribution in [1.82, 2.24) is 0 Å². The molecular formula is C45H47NO15. The number of aldehydes is 1. The summed E-state index contributed by atoms with van der Waals surface area (Å²) in [5, 5.41) is 85.4. The number of carbonyl (C=O) groups is 4. The van der Waals surface area contributed by atoms with Crippen molar-refractivity contribution in [2.24, 2.45) is 5.73 Å². The first kappa shape index (κ1) is 44.9. The van der Waals surface area contributed by atoms with Gasteiger partial charge in [0, 0.05) is 46.7 Å². The van der Waals surface area contributed by atoms with E-state index in [1.54, 1.807) is 24.3 Å². The number of aliphatic hydroxyl groups excluding tert-OH is 5. The molecule has 10 N–H and O–H groups in total. The Hall–Kier alpha value is -5.66. The zero-order valence-corrected chi connectivity index (χ0v) is 33.3. The number of hydrogen-bond donors (Lipinski definition) is 9. The molecule has 4 aromatic rings. The summed E-state index contributed by atoms with van der Waals surface area (Å²) in [5.74, 6) is -7.17. The minimum atomic E-state index is -3.15. The fraction of sp³-hybridized carbons (Fsp3) is 0.333. The summed E-state index contributed by atoms with van der Waals surface area (Å²) in [7, 11) is 0. The third kappa shape index (κ3) is 8.90. The molecular weight excluding hydrogens is 794 g/mol. The second kappa shape index (κ2) is 18.5. The molecule has 6 rings (SSSR count). The Morgan fingerprint density at radius 2 is 1.61 bits per heavy atom. The van der Waals surface area contributed by atoms with Gasteiger partial charge in [-0.2, -0.15) is 0 Å². The quantitative estimate of drug-likeness (QED) is 0.0239. The number of benzene rings is 4. The monoisotopic (exact) mass is 841 g/mol. The fourth-order valence-corrected chi connectivity index (χ4v) is 7.71. The molecule has 0 bridgehead atoms. The van der Waals surface area contributed by atoms with Crippen LogP contribution in [-0.4, -0.2) is 108 Å². The Kier molecular flexibility index (Phi) is 13.6. The van der Waals surface area contributed by atoms with E-state index in [0.29, 0.717) is 37.7 Å². The van der Waals surface area contributed by atoms with Crippen LogP contribution in [-0.2, 0) is 35.6 Å². The van der Waals surface area contributed by atoms with Crippen LogP contribution in [0.2, 0.25) is 0 Å². The number of phenolic OH excluding ortho intramolecular Hbond substituents is 1. The molecule has 4 aromatic carbocycles. The van der Waals surface area contributed by atoms with Gasteiger partial charge in [0.1, 0.15) is 23.4 Å². The van der Waals surface area contributed by atoms with Crippen LogP contribution in [0.5, 0.6) is 17.2 Å². The van der Waals surface area contributed by atoms with Crippen molar-refractivity contribution < 1.29 is 74.2 Å². The maximum absolute atomic E-state index is 14.9. The zero-order valence-electron chi connectivity index (χ0n) is 33.3. The number of carbonyl (C=O) groups excluding carboxylic acids is 4. The molecule has 1 aliphatic heterocycles. The molecule has 5 atom stereocenters. The summed E-state index contributed by atoms with van der Waals surface area (Å²) >= 11 is 0. The summed E-state index contributed by atoms with van der Waals surface area (Å²) in [5.41, 5.74) is 5.52. The van der Waals surface area contributed by atoms with Gasteiger partial charge in [-0.3, -0.25) is 19.2 Å². The third-order valence-corrected chi connectivity index (χ3v) is 10.8. The molecule has 1 saturated heterocycles. The summed E-state index contributed by atoms with van der Waals surface area (Å²) < 4.78 is 17.1. The normalized spacial score (nSPS) is 20.0. The van der Waals surface area contributed by atoms with E-state index < -0.39 is 89.9 Å². The highest BCUT2D eigenvalue weighted by Gasteiger charge is 2.54. The van der Waals surface area contributed by atoms with E-state index in [2.05, 4.69) is 0 Å². The summed E-state index contributed by atoms with van der Waals surface area (Å²) in [4.78, 5) is 54.2. The summed E-state index contributed by atoms with van der Waals surface area (Å²) in [6, 6.07) is 14.0. The molecule has 1 fully saturated rings. The van der Waals surface area contributed by atoms with Crippen molar-refractivity contribution in [3.8, 4) is 17.2 Å². The van der Waals surface area contributed by atoms with E-state index in [1.807, 2.05) is 6.07 Å². The summed E-state index contributed by atoms with van der Waals surface area (Å²) in [6.45, 7) is 1.50. The van der Waals surface area contributed by atoms with Crippen molar-refractivity contribution in [2.45, 2.75) is 89.2 Å². The zero-order chi connectivity index (χ0) is 44.3. The summed E-state index contributed by atoms with van der Waals surface area (Å²) in [6.07, 6.45) is -3.61. The minimum Gasteiger partial charge on any atom is -0.507 e. The highest BCUT2D eigenvalue weighted by atomic mass is 16.7. The maximum atomic E-state index is 14.9. The third-order valence-electron chi connectivity index (χ3n) is 10.8. The molecule has 0 saturated carbocycles. The molecule has 16 heteroatoms. The van der Waals surface area contributed by atoms with Crippen LogP contribution in [0.25, 0.3) is 12.2 Å². The Bertz CT molecular complexity index is 2390. The Morgan fingerprint density at radius 3 is 2.28 bits per heavy atom. The first-order valence-corrected chi connectivity index (χ1v) is 19.5. The van der Waals surface area contributed by atoms with Gasteiger partial charge in [0.15, 0.2) is 24.0 Å². The van der Waals surface area contributed by atoms with Crippen LogP contribution >= 0.6 is 0 Å². The van der Waals surface area contributed by atoms with Crippen LogP contribution in [0.15, 0.2) is 54.6 Å². The number of ether oxygens (including phenoxy) is 3. The number of rotatable bonds is 15. The van der Waals surface area contributed by atoms with Crippen LogP contribution in [0.3, 0.4) is 0 Å². The standard InChI is InChI=1S/C45H47NO15/c1-22-42(55)45(57,58)43(56)44(59-22)61-35-18-32-38(39(52)31(35)16-26-8-4-9-27(19-47)33(26)21-49)41(54)36-28(20-48)17-34(60-23(2)50)30(37(36)40(32)53)12-11-24-6-3-7-25(14-24)15-29(51)10-5-13-46/h3-4,6-9,11-12,14,17-18,21-22,29,42-44,47-48,51-52,55-58H,5,10,13,15-16,19-20,46H2,1-2H3/t22-,29-,42-,43+,44-/m1/s1. The predicted molar refractivity (Wildman–Crippen MR) is 217 cm³/mol. The number of nitrogens with two attached hydrogens (primary N) is 1. The lowest BCUT2D eigenvalue weighted by molar-refractivity contribution is -0.371. The topological polar surface area (TPSA) is 284 Å². The number of fused-ring (bicyclic) bond motifs is 2. The minimum absolute atomic E-state index is 0.0403. The van der Waals surface area contributed by atoms with Crippen molar-refractivity contribution in [3.63, 3.8) is 0 Å². The van der Waals surface area contributed by atoms with E-state index in [4.69, 9.17) is 19.9 Å². The van der Waals surface area contributed by atoms with Gasteiger partial charge in [-0.1, -0.05) is 48.5 Å². The lowest BCUT2D eigenvalue weighted by Gasteiger charge is -2.44. The SMILES string of the molecule is CC(=O)Oc1cc(CO)c2c(c1C=Cc1cccc(C[C@H](O)CCCN)c1)C(=O)c1cc(O[C@H]3O[C@H](C)[C@@H](O)C(O)(O)[C@H]3O)c(Cc3cccc(CO)c3C=O)c(O)c1C2=O. The van der Waals surface area contributed by atoms with Gasteiger partial charge >= 0.3 is 5.97 Å². The average Bonchev–Trinajstić information content (AvgIpc) is 3.23. The van der Waals surface area contributed by atoms with Crippen molar-refractivity contribution in [2.75, 3.05) is 6.54 Å². The number of phenols is 1. The molecule has 2 aliphatic rings. The Balaban J connectivity index is 1.54. The van der Waals surface area contributed by atoms with Gasteiger partial charge in [-0.15, -0.1) is 0 Å². The fourth-order valence-electron chi connectivity index (χ4n) is 7.71. The molecule has 0 aromatic heterocycles. The first-order valence-electron chi connectivity index (χ1n) is 19.5. The van der Waals surface area contributed by atoms with Gasteiger partial charge < -0.3 is 60.8 Å². The van der Waals surface area contributed by atoms with E-state index in [1.165, 1.54) is 37.3 Å². The number of ketones is 2. The van der Waals surface area contributed by atoms with Gasteiger partial charge in [0.2, 0.25) is 12.1 Å². The van der Waals surface area contributed by atoms with Crippen molar-refractivity contribution >= 4 is 36.0 Å².